The molecular formula is C25H24N2O4S. The Balaban J connectivity index is 1.27. The Morgan fingerprint density at radius 3 is 2.16 bits per heavy atom. The van der Waals surface area contributed by atoms with Crippen LogP contribution in [-0.2, 0) is 20.9 Å². The third-order valence-corrected chi connectivity index (χ3v) is 6.21. The first-order valence-corrected chi connectivity index (χ1v) is 11.1. The van der Waals surface area contributed by atoms with Gasteiger partial charge in [-0.1, -0.05) is 48.2 Å². The average Bonchev–Trinajstić information content (AvgIpc) is 2.84. The van der Waals surface area contributed by atoms with Gasteiger partial charge in [-0.3, -0.25) is 9.59 Å². The summed E-state index contributed by atoms with van der Waals surface area (Å²) in [5, 5.41) is 2.75. The van der Waals surface area contributed by atoms with Gasteiger partial charge in [-0.05, 0) is 42.0 Å². The van der Waals surface area contributed by atoms with Gasteiger partial charge in [0.15, 0.2) is 6.61 Å². The van der Waals surface area contributed by atoms with E-state index < -0.39 is 5.97 Å². The zero-order valence-corrected chi connectivity index (χ0v) is 18.6. The lowest BCUT2D eigenvalue weighted by Crippen LogP contribution is -2.29. The van der Waals surface area contributed by atoms with Crippen molar-refractivity contribution in [3.8, 4) is 5.75 Å². The van der Waals surface area contributed by atoms with Crippen LogP contribution in [-0.4, -0.2) is 32.1 Å². The van der Waals surface area contributed by atoms with Crippen molar-refractivity contribution in [2.45, 2.75) is 22.8 Å². The van der Waals surface area contributed by atoms with E-state index in [0.29, 0.717) is 13.1 Å². The number of fused-ring (bicyclic) bond motifs is 2. The number of anilines is 2. The highest BCUT2D eigenvalue weighted by Gasteiger charge is 2.23. The minimum Gasteiger partial charge on any atom is -0.497 e. The van der Waals surface area contributed by atoms with Crippen LogP contribution in [0, 0.1) is 0 Å². The van der Waals surface area contributed by atoms with E-state index >= 15 is 0 Å². The average molecular weight is 449 g/mol. The van der Waals surface area contributed by atoms with Crippen LogP contribution in [0.3, 0.4) is 0 Å². The second-order valence-corrected chi connectivity index (χ2v) is 8.31. The number of carbonyl (C=O) groups excluding carboxylic acids is 2. The van der Waals surface area contributed by atoms with Crippen molar-refractivity contribution >= 4 is 35.0 Å². The van der Waals surface area contributed by atoms with Crippen molar-refractivity contribution in [1.82, 2.24) is 5.32 Å². The van der Waals surface area contributed by atoms with Crippen LogP contribution in [0.4, 0.5) is 11.4 Å². The molecular weight excluding hydrogens is 424 g/mol. The second-order valence-electron chi connectivity index (χ2n) is 7.22. The van der Waals surface area contributed by atoms with E-state index in [0.717, 1.165) is 32.5 Å². The van der Waals surface area contributed by atoms with E-state index in [2.05, 4.69) is 34.5 Å². The second kappa shape index (κ2) is 10.2. The molecule has 0 bridgehead atoms. The SMILES string of the molecule is COc1ccc(CNC(=O)COC(=O)CCN2c3ccccc3Sc3ccccc32)cc1. The number of hydrogen-bond donors (Lipinski definition) is 1. The normalized spacial score (nSPS) is 11.8. The molecule has 0 radical (unpaired) electrons. The quantitative estimate of drug-likeness (QED) is 0.510. The molecule has 4 rings (SSSR count). The number of nitrogens with one attached hydrogen (secondary N) is 1. The summed E-state index contributed by atoms with van der Waals surface area (Å²) in [4.78, 5) is 28.8. The smallest absolute Gasteiger partial charge is 0.308 e. The number of carbonyl (C=O) groups is 2. The first kappa shape index (κ1) is 21.8. The van der Waals surface area contributed by atoms with Crippen LogP contribution in [0.15, 0.2) is 82.6 Å². The summed E-state index contributed by atoms with van der Waals surface area (Å²) in [6, 6.07) is 23.7. The summed E-state index contributed by atoms with van der Waals surface area (Å²) < 4.78 is 10.3. The molecule has 0 spiro atoms. The van der Waals surface area contributed by atoms with Gasteiger partial charge in [-0.2, -0.15) is 0 Å². The lowest BCUT2D eigenvalue weighted by atomic mass is 10.2. The lowest BCUT2D eigenvalue weighted by Gasteiger charge is -2.32. The van der Waals surface area contributed by atoms with Crippen molar-refractivity contribution < 1.29 is 19.1 Å². The maximum absolute atomic E-state index is 12.3. The fraction of sp³-hybridized carbons (Fsp3) is 0.200. The monoisotopic (exact) mass is 448 g/mol. The molecule has 0 saturated carbocycles. The molecule has 32 heavy (non-hydrogen) atoms. The highest BCUT2D eigenvalue weighted by atomic mass is 32.2. The predicted molar refractivity (Wildman–Crippen MR) is 124 cm³/mol. The van der Waals surface area contributed by atoms with Crippen LogP contribution in [0.5, 0.6) is 5.75 Å². The van der Waals surface area contributed by atoms with Crippen molar-refractivity contribution in [1.29, 1.82) is 0 Å². The maximum atomic E-state index is 12.3. The van der Waals surface area contributed by atoms with Gasteiger partial charge in [0, 0.05) is 22.9 Å². The number of para-hydroxylation sites is 2. The molecule has 3 aromatic rings. The van der Waals surface area contributed by atoms with E-state index in [1.165, 1.54) is 0 Å². The van der Waals surface area contributed by atoms with Gasteiger partial charge < -0.3 is 19.7 Å². The third-order valence-electron chi connectivity index (χ3n) is 5.08. The molecule has 1 aliphatic rings. The first-order chi connectivity index (χ1) is 15.6. The fourth-order valence-corrected chi connectivity index (χ4v) is 4.53. The zero-order chi connectivity index (χ0) is 22.3. The lowest BCUT2D eigenvalue weighted by molar-refractivity contribution is -0.148. The Morgan fingerprint density at radius 2 is 1.53 bits per heavy atom. The number of rotatable bonds is 8. The number of hydrogen-bond acceptors (Lipinski definition) is 6. The Hall–Kier alpha value is -3.45. The molecule has 164 valence electrons. The number of methoxy groups -OCH3 is 1. The molecule has 1 amide bonds. The molecule has 0 aliphatic carbocycles. The molecule has 0 unspecified atom stereocenters. The molecule has 1 heterocycles. The molecule has 1 N–H and O–H groups in total. The summed E-state index contributed by atoms with van der Waals surface area (Å²) in [5.41, 5.74) is 3.08. The standard InChI is InChI=1S/C25H24N2O4S/c1-30-19-12-10-18(11-13-19)16-26-24(28)17-31-25(29)14-15-27-20-6-2-4-8-22(20)32-23-9-5-3-7-21(23)27/h2-13H,14-17H2,1H3,(H,26,28). The molecule has 6 nitrogen and oxygen atoms in total. The highest BCUT2D eigenvalue weighted by molar-refractivity contribution is 7.99. The number of esters is 1. The van der Waals surface area contributed by atoms with E-state index in [9.17, 15) is 9.59 Å². The number of nitrogens with zero attached hydrogens (tertiary/aromatic N) is 1. The molecule has 0 atom stereocenters. The Kier molecular flexibility index (Phi) is 6.97. The number of benzene rings is 3. The number of ether oxygens (including phenoxy) is 2. The van der Waals surface area contributed by atoms with Gasteiger partial charge in [0.1, 0.15) is 5.75 Å². The predicted octanol–water partition coefficient (Wildman–Crippen LogP) is 4.55. The third kappa shape index (κ3) is 5.23. The van der Waals surface area contributed by atoms with Gasteiger partial charge in [0.05, 0.1) is 24.9 Å². The Bertz CT molecular complexity index is 1060. The van der Waals surface area contributed by atoms with Gasteiger partial charge in [0.25, 0.3) is 5.91 Å². The molecule has 0 fully saturated rings. The van der Waals surface area contributed by atoms with Crippen LogP contribution in [0.2, 0.25) is 0 Å². The summed E-state index contributed by atoms with van der Waals surface area (Å²) >= 11 is 1.72. The van der Waals surface area contributed by atoms with E-state index in [4.69, 9.17) is 9.47 Å². The van der Waals surface area contributed by atoms with Crippen molar-refractivity contribution in [2.24, 2.45) is 0 Å². The van der Waals surface area contributed by atoms with E-state index in [1.807, 2.05) is 48.5 Å². The van der Waals surface area contributed by atoms with Crippen molar-refractivity contribution in [2.75, 3.05) is 25.2 Å². The van der Waals surface area contributed by atoms with Crippen LogP contribution in [0.25, 0.3) is 0 Å². The van der Waals surface area contributed by atoms with Gasteiger partial charge in [0.2, 0.25) is 0 Å². The Morgan fingerprint density at radius 1 is 0.906 bits per heavy atom. The van der Waals surface area contributed by atoms with Crippen LogP contribution in [0.1, 0.15) is 12.0 Å². The molecule has 1 aliphatic heterocycles. The topological polar surface area (TPSA) is 67.9 Å². The van der Waals surface area contributed by atoms with E-state index in [1.54, 1.807) is 18.9 Å². The van der Waals surface area contributed by atoms with Crippen LogP contribution < -0.4 is 15.0 Å². The summed E-state index contributed by atoms with van der Waals surface area (Å²) in [5.74, 6) is 0.0172. The minimum atomic E-state index is -0.405. The highest BCUT2D eigenvalue weighted by Crippen LogP contribution is 2.47. The largest absolute Gasteiger partial charge is 0.497 e. The molecule has 7 heteroatoms. The molecule has 3 aromatic carbocycles. The first-order valence-electron chi connectivity index (χ1n) is 10.3. The summed E-state index contributed by atoms with van der Waals surface area (Å²) in [6.45, 7) is 0.540. The summed E-state index contributed by atoms with van der Waals surface area (Å²) in [6.07, 6.45) is 0.180. The zero-order valence-electron chi connectivity index (χ0n) is 17.7. The van der Waals surface area contributed by atoms with Crippen molar-refractivity contribution in [3.05, 3.63) is 78.4 Å². The van der Waals surface area contributed by atoms with Gasteiger partial charge in [-0.15, -0.1) is 0 Å². The Labute approximate surface area is 191 Å². The molecule has 0 aromatic heterocycles. The van der Waals surface area contributed by atoms with Gasteiger partial charge >= 0.3 is 5.97 Å². The van der Waals surface area contributed by atoms with Crippen LogP contribution >= 0.6 is 11.8 Å². The number of amides is 1. The van der Waals surface area contributed by atoms with Crippen molar-refractivity contribution in [3.63, 3.8) is 0 Å². The molecule has 0 saturated heterocycles. The summed E-state index contributed by atoms with van der Waals surface area (Å²) in [7, 11) is 1.60. The maximum Gasteiger partial charge on any atom is 0.308 e. The minimum absolute atomic E-state index is 0.180. The van der Waals surface area contributed by atoms with E-state index in [-0.39, 0.29) is 18.9 Å². The fourth-order valence-electron chi connectivity index (χ4n) is 3.44. The van der Waals surface area contributed by atoms with Gasteiger partial charge in [-0.25, -0.2) is 0 Å².